The van der Waals surface area contributed by atoms with Crippen LogP contribution in [0, 0.1) is 5.92 Å². The molecule has 4 nitrogen and oxygen atoms in total. The van der Waals surface area contributed by atoms with E-state index in [4.69, 9.17) is 0 Å². The molecular weight excluding hydrogens is 252 g/mol. The monoisotopic (exact) mass is 278 g/mol. The normalized spacial score (nSPS) is 17.6. The van der Waals surface area contributed by atoms with Gasteiger partial charge in [0.05, 0.1) is 12.6 Å². The number of aliphatic hydroxyl groups is 1. The zero-order chi connectivity index (χ0) is 14.5. The lowest BCUT2D eigenvalue weighted by Crippen LogP contribution is -2.39. The number of nitrogens with one attached hydrogen (secondary N) is 1. The third-order valence-electron chi connectivity index (χ3n) is 4.04. The maximum Gasteiger partial charge on any atom is 0.268 e. The molecule has 0 radical (unpaired) electrons. The highest BCUT2D eigenvalue weighted by atomic mass is 16.3. The van der Waals surface area contributed by atoms with Crippen molar-refractivity contribution in [1.29, 1.82) is 0 Å². The van der Waals surface area contributed by atoms with Crippen LogP contribution < -0.4 is 5.32 Å². The number of carbonyl (C=O) groups is 1. The predicted molar refractivity (Wildman–Crippen MR) is 79.7 cm³/mol. The second kappa shape index (κ2) is 6.93. The van der Waals surface area contributed by atoms with Crippen LogP contribution in [0.1, 0.15) is 62.5 Å². The number of rotatable bonds is 6. The van der Waals surface area contributed by atoms with E-state index in [1.54, 1.807) is 0 Å². The van der Waals surface area contributed by atoms with E-state index in [1.807, 2.05) is 18.3 Å². The Morgan fingerprint density at radius 1 is 1.45 bits per heavy atom. The van der Waals surface area contributed by atoms with Crippen LogP contribution in [0.15, 0.2) is 18.3 Å². The van der Waals surface area contributed by atoms with Gasteiger partial charge in [-0.3, -0.25) is 4.79 Å². The molecule has 0 aliphatic heterocycles. The van der Waals surface area contributed by atoms with Crippen LogP contribution in [-0.4, -0.2) is 28.2 Å². The summed E-state index contributed by atoms with van der Waals surface area (Å²) in [6.07, 6.45) is 7.61. The molecule has 1 amide bonds. The van der Waals surface area contributed by atoms with E-state index in [1.165, 1.54) is 12.8 Å². The summed E-state index contributed by atoms with van der Waals surface area (Å²) >= 11 is 0. The van der Waals surface area contributed by atoms with Gasteiger partial charge in [0, 0.05) is 12.2 Å². The third kappa shape index (κ3) is 3.63. The fourth-order valence-corrected chi connectivity index (χ4v) is 3.09. The van der Waals surface area contributed by atoms with Gasteiger partial charge in [0.1, 0.15) is 5.69 Å². The van der Waals surface area contributed by atoms with Crippen LogP contribution in [0.3, 0.4) is 0 Å². The first-order chi connectivity index (χ1) is 9.61. The highest BCUT2D eigenvalue weighted by Crippen LogP contribution is 2.30. The predicted octanol–water partition coefficient (Wildman–Crippen LogP) is 2.74. The summed E-state index contributed by atoms with van der Waals surface area (Å²) < 4.78 is 2.10. The van der Waals surface area contributed by atoms with Crippen molar-refractivity contribution < 1.29 is 9.90 Å². The number of hydrogen-bond donors (Lipinski definition) is 2. The van der Waals surface area contributed by atoms with Crippen molar-refractivity contribution in [3.05, 3.63) is 24.0 Å². The highest BCUT2D eigenvalue weighted by molar-refractivity contribution is 5.93. The summed E-state index contributed by atoms with van der Waals surface area (Å²) in [6, 6.07) is 4.11. The molecule has 20 heavy (non-hydrogen) atoms. The molecule has 1 aromatic heterocycles. The van der Waals surface area contributed by atoms with Gasteiger partial charge in [-0.2, -0.15) is 0 Å². The molecule has 1 aliphatic rings. The first-order valence-electron chi connectivity index (χ1n) is 7.70. The van der Waals surface area contributed by atoms with Crippen LogP contribution >= 0.6 is 0 Å². The molecule has 0 saturated heterocycles. The van der Waals surface area contributed by atoms with Crippen molar-refractivity contribution in [2.75, 3.05) is 6.61 Å². The lowest BCUT2D eigenvalue weighted by atomic mass is 10.0. The molecule has 1 aliphatic carbocycles. The molecule has 1 fully saturated rings. The first kappa shape index (κ1) is 15.1. The molecule has 1 saturated carbocycles. The zero-order valence-electron chi connectivity index (χ0n) is 12.5. The summed E-state index contributed by atoms with van der Waals surface area (Å²) in [7, 11) is 0. The number of aromatic nitrogens is 1. The molecule has 1 aromatic rings. The second-order valence-electron chi connectivity index (χ2n) is 6.22. The summed E-state index contributed by atoms with van der Waals surface area (Å²) in [5.74, 6) is 0.385. The molecule has 1 unspecified atom stereocenters. The van der Waals surface area contributed by atoms with E-state index >= 15 is 0 Å². The van der Waals surface area contributed by atoms with Crippen molar-refractivity contribution in [1.82, 2.24) is 9.88 Å². The van der Waals surface area contributed by atoms with Gasteiger partial charge in [-0.05, 0) is 37.3 Å². The standard InChI is InChI=1S/C16H26N2O2/c1-12(2)10-13(11-19)17-16(20)15-8-5-9-18(15)14-6-3-4-7-14/h5,8-9,12-14,19H,3-4,6-7,10-11H2,1-2H3,(H,17,20). The fourth-order valence-electron chi connectivity index (χ4n) is 3.09. The van der Waals surface area contributed by atoms with Gasteiger partial charge in [0.25, 0.3) is 5.91 Å². The van der Waals surface area contributed by atoms with Crippen LogP contribution in [0.25, 0.3) is 0 Å². The van der Waals surface area contributed by atoms with Crippen molar-refractivity contribution in [3.8, 4) is 0 Å². The molecule has 1 heterocycles. The van der Waals surface area contributed by atoms with Crippen LogP contribution in [0.5, 0.6) is 0 Å². The maximum absolute atomic E-state index is 12.4. The Morgan fingerprint density at radius 3 is 2.75 bits per heavy atom. The Balaban J connectivity index is 2.03. The Labute approximate surface area is 121 Å². The quantitative estimate of drug-likeness (QED) is 0.840. The summed E-state index contributed by atoms with van der Waals surface area (Å²) in [6.45, 7) is 4.18. The topological polar surface area (TPSA) is 54.3 Å². The molecule has 0 spiro atoms. The average molecular weight is 278 g/mol. The SMILES string of the molecule is CC(C)CC(CO)NC(=O)c1cccn1C1CCCC1. The van der Waals surface area contributed by atoms with Gasteiger partial charge in [0.2, 0.25) is 0 Å². The minimum absolute atomic E-state index is 0.00590. The van der Waals surface area contributed by atoms with Gasteiger partial charge < -0.3 is 15.0 Å². The molecule has 0 bridgehead atoms. The van der Waals surface area contributed by atoms with Gasteiger partial charge in [-0.25, -0.2) is 0 Å². The van der Waals surface area contributed by atoms with Gasteiger partial charge >= 0.3 is 0 Å². The summed E-state index contributed by atoms with van der Waals surface area (Å²) in [5.41, 5.74) is 0.721. The molecule has 2 rings (SSSR count). The molecular formula is C16H26N2O2. The van der Waals surface area contributed by atoms with Gasteiger partial charge in [-0.1, -0.05) is 26.7 Å². The minimum atomic E-state index is -0.158. The number of amides is 1. The van der Waals surface area contributed by atoms with Crippen molar-refractivity contribution in [2.24, 2.45) is 5.92 Å². The van der Waals surface area contributed by atoms with Crippen molar-refractivity contribution in [2.45, 2.75) is 58.0 Å². The summed E-state index contributed by atoms with van der Waals surface area (Å²) in [4.78, 5) is 12.4. The molecule has 1 atom stereocenters. The molecule has 4 heteroatoms. The highest BCUT2D eigenvalue weighted by Gasteiger charge is 2.22. The number of nitrogens with zero attached hydrogens (tertiary/aromatic N) is 1. The Hall–Kier alpha value is -1.29. The minimum Gasteiger partial charge on any atom is -0.394 e. The Kier molecular flexibility index (Phi) is 5.24. The number of carbonyl (C=O) groups excluding carboxylic acids is 1. The lowest BCUT2D eigenvalue weighted by Gasteiger charge is -2.20. The van der Waals surface area contributed by atoms with Gasteiger partial charge in [-0.15, -0.1) is 0 Å². The molecule has 112 valence electrons. The van der Waals surface area contributed by atoms with Gasteiger partial charge in [0.15, 0.2) is 0 Å². The largest absolute Gasteiger partial charge is 0.394 e. The lowest BCUT2D eigenvalue weighted by molar-refractivity contribution is 0.0897. The third-order valence-corrected chi connectivity index (χ3v) is 4.04. The van der Waals surface area contributed by atoms with E-state index in [0.29, 0.717) is 12.0 Å². The summed E-state index contributed by atoms with van der Waals surface area (Å²) in [5, 5.41) is 12.3. The van der Waals surface area contributed by atoms with Crippen LogP contribution in [0.2, 0.25) is 0 Å². The average Bonchev–Trinajstić information content (AvgIpc) is 3.07. The number of hydrogen-bond acceptors (Lipinski definition) is 2. The van der Waals surface area contributed by atoms with Crippen LogP contribution in [-0.2, 0) is 0 Å². The fraction of sp³-hybridized carbons (Fsp3) is 0.688. The number of aliphatic hydroxyl groups excluding tert-OH is 1. The molecule has 2 N–H and O–H groups in total. The Morgan fingerprint density at radius 2 is 2.15 bits per heavy atom. The molecule has 0 aromatic carbocycles. The Bertz CT molecular complexity index is 433. The van der Waals surface area contributed by atoms with E-state index in [-0.39, 0.29) is 18.6 Å². The maximum atomic E-state index is 12.4. The second-order valence-corrected chi connectivity index (χ2v) is 6.22. The smallest absolute Gasteiger partial charge is 0.268 e. The van der Waals surface area contributed by atoms with E-state index in [2.05, 4.69) is 23.7 Å². The van der Waals surface area contributed by atoms with Crippen molar-refractivity contribution >= 4 is 5.91 Å². The van der Waals surface area contributed by atoms with E-state index < -0.39 is 0 Å². The zero-order valence-corrected chi connectivity index (χ0v) is 12.5. The van der Waals surface area contributed by atoms with E-state index in [9.17, 15) is 9.90 Å². The van der Waals surface area contributed by atoms with Crippen LogP contribution in [0.4, 0.5) is 0 Å². The first-order valence-corrected chi connectivity index (χ1v) is 7.70. The van der Waals surface area contributed by atoms with E-state index in [0.717, 1.165) is 25.0 Å². The van der Waals surface area contributed by atoms with Crippen molar-refractivity contribution in [3.63, 3.8) is 0 Å².